The third kappa shape index (κ3) is 3.94. The molecule has 0 aliphatic heterocycles. The number of halogens is 1. The van der Waals surface area contributed by atoms with Gasteiger partial charge in [-0.25, -0.2) is 0 Å². The third-order valence-electron chi connectivity index (χ3n) is 5.26. The number of benzene rings is 3. The monoisotopic (exact) mass is 412 g/mol. The number of rotatable bonds is 6. The largest absolute Gasteiger partial charge is 0.340 e. The Bertz CT molecular complexity index is 1260. The lowest BCUT2D eigenvalue weighted by Crippen LogP contribution is -2.07. The summed E-state index contributed by atoms with van der Waals surface area (Å²) in [5.74, 6) is 0. The maximum Gasteiger partial charge on any atom is 0.0995 e. The van der Waals surface area contributed by atoms with Crippen molar-refractivity contribution >= 4 is 28.7 Å². The van der Waals surface area contributed by atoms with Gasteiger partial charge in [-0.1, -0.05) is 66.2 Å². The molecule has 4 nitrogen and oxygen atoms in total. The van der Waals surface area contributed by atoms with E-state index in [1.807, 2.05) is 66.9 Å². The molecule has 148 valence electrons. The molecule has 0 atom stereocenters. The molecule has 4 aromatic rings. The maximum absolute atomic E-state index is 9.44. The predicted molar refractivity (Wildman–Crippen MR) is 123 cm³/mol. The molecule has 5 heteroatoms. The van der Waals surface area contributed by atoms with Crippen LogP contribution in [0, 0.1) is 18.3 Å². The SMILES string of the molecule is Cc1c(/C=N\NCc2ccccc2Cl)c2ccccc2n1Cc1ccccc1C#N. The highest BCUT2D eigenvalue weighted by atomic mass is 35.5. The van der Waals surface area contributed by atoms with Crippen LogP contribution in [0.4, 0.5) is 0 Å². The quantitative estimate of drug-likeness (QED) is 0.329. The molecule has 3 aromatic carbocycles. The zero-order valence-corrected chi connectivity index (χ0v) is 17.4. The number of hydrogen-bond donors (Lipinski definition) is 1. The Kier molecular flexibility index (Phi) is 5.83. The van der Waals surface area contributed by atoms with Crippen LogP contribution in [0.25, 0.3) is 10.9 Å². The summed E-state index contributed by atoms with van der Waals surface area (Å²) in [6.45, 7) is 3.28. The molecule has 0 aliphatic carbocycles. The van der Waals surface area contributed by atoms with E-state index in [2.05, 4.69) is 40.2 Å². The standard InChI is InChI=1S/C25H21ClN4/c1-18-23(16-29-28-15-20-9-4-6-12-24(20)26)22-11-5-7-13-25(22)30(18)17-21-10-3-2-8-19(21)14-27/h2-13,16,28H,15,17H2,1H3/b29-16-. The minimum Gasteiger partial charge on any atom is -0.340 e. The molecular formula is C25H21ClN4. The molecule has 1 N–H and O–H groups in total. The zero-order valence-electron chi connectivity index (χ0n) is 16.6. The van der Waals surface area contributed by atoms with Gasteiger partial charge in [0.25, 0.3) is 0 Å². The van der Waals surface area contributed by atoms with E-state index in [0.29, 0.717) is 18.7 Å². The van der Waals surface area contributed by atoms with E-state index in [4.69, 9.17) is 11.6 Å². The fraction of sp³-hybridized carbons (Fsp3) is 0.120. The van der Waals surface area contributed by atoms with Crippen LogP contribution >= 0.6 is 11.6 Å². The number of nitrogens with zero attached hydrogens (tertiary/aromatic N) is 3. The second-order valence-corrected chi connectivity index (χ2v) is 7.46. The average Bonchev–Trinajstić information content (AvgIpc) is 3.04. The van der Waals surface area contributed by atoms with Crippen molar-refractivity contribution < 1.29 is 0 Å². The van der Waals surface area contributed by atoms with Crippen molar-refractivity contribution in [1.29, 1.82) is 5.26 Å². The maximum atomic E-state index is 9.44. The first-order chi connectivity index (χ1) is 14.7. The van der Waals surface area contributed by atoms with Gasteiger partial charge in [-0.2, -0.15) is 10.4 Å². The molecule has 0 aliphatic rings. The minimum absolute atomic E-state index is 0.559. The molecule has 4 rings (SSSR count). The van der Waals surface area contributed by atoms with Gasteiger partial charge in [-0.05, 0) is 36.2 Å². The summed E-state index contributed by atoms with van der Waals surface area (Å²) in [6, 6.07) is 26.0. The number of hydrazone groups is 1. The third-order valence-corrected chi connectivity index (χ3v) is 5.63. The molecule has 30 heavy (non-hydrogen) atoms. The molecule has 0 unspecified atom stereocenters. The summed E-state index contributed by atoms with van der Waals surface area (Å²) in [6.07, 6.45) is 1.86. The fourth-order valence-electron chi connectivity index (χ4n) is 3.64. The Morgan fingerprint density at radius 3 is 2.50 bits per heavy atom. The van der Waals surface area contributed by atoms with Crippen molar-refractivity contribution in [3.8, 4) is 6.07 Å². The van der Waals surface area contributed by atoms with Crippen molar-refractivity contribution in [2.75, 3.05) is 0 Å². The van der Waals surface area contributed by atoms with E-state index in [0.717, 1.165) is 38.3 Å². The van der Waals surface area contributed by atoms with Gasteiger partial charge in [-0.3, -0.25) is 0 Å². The predicted octanol–water partition coefficient (Wildman–Crippen LogP) is 5.65. The van der Waals surface area contributed by atoms with Crippen LogP contribution in [0.5, 0.6) is 0 Å². The Balaban J connectivity index is 1.64. The van der Waals surface area contributed by atoms with E-state index in [9.17, 15) is 5.26 Å². The van der Waals surface area contributed by atoms with Crippen LogP contribution in [0.15, 0.2) is 77.9 Å². The van der Waals surface area contributed by atoms with Gasteiger partial charge in [0.1, 0.15) is 0 Å². The second kappa shape index (κ2) is 8.86. The molecule has 0 saturated carbocycles. The highest BCUT2D eigenvalue weighted by Crippen LogP contribution is 2.26. The molecule has 1 aromatic heterocycles. The Hall–Kier alpha value is -3.55. The van der Waals surface area contributed by atoms with E-state index in [-0.39, 0.29) is 0 Å². The van der Waals surface area contributed by atoms with Crippen LogP contribution in [0.3, 0.4) is 0 Å². The molecule has 0 fully saturated rings. The van der Waals surface area contributed by atoms with Gasteiger partial charge in [0.2, 0.25) is 0 Å². The van der Waals surface area contributed by atoms with Crippen LogP contribution in [-0.4, -0.2) is 10.8 Å². The van der Waals surface area contributed by atoms with Gasteiger partial charge in [0.15, 0.2) is 0 Å². The van der Waals surface area contributed by atoms with E-state index >= 15 is 0 Å². The van der Waals surface area contributed by atoms with Crippen LogP contribution in [0.2, 0.25) is 5.02 Å². The first-order valence-electron chi connectivity index (χ1n) is 9.74. The van der Waals surface area contributed by atoms with Crippen LogP contribution in [-0.2, 0) is 13.1 Å². The van der Waals surface area contributed by atoms with Gasteiger partial charge < -0.3 is 9.99 Å². The van der Waals surface area contributed by atoms with Crippen molar-refractivity contribution in [3.05, 3.63) is 106 Å². The van der Waals surface area contributed by atoms with E-state index < -0.39 is 0 Å². The molecule has 1 heterocycles. The topological polar surface area (TPSA) is 53.1 Å². The zero-order chi connectivity index (χ0) is 20.9. The Morgan fingerprint density at radius 1 is 1.00 bits per heavy atom. The lowest BCUT2D eigenvalue weighted by molar-refractivity contribution is 0.748. The molecule has 0 saturated heterocycles. The van der Waals surface area contributed by atoms with Crippen LogP contribution < -0.4 is 5.43 Å². The number of para-hydroxylation sites is 1. The van der Waals surface area contributed by atoms with E-state index in [1.54, 1.807) is 0 Å². The normalized spacial score (nSPS) is 11.1. The van der Waals surface area contributed by atoms with Gasteiger partial charge in [0, 0.05) is 33.7 Å². The molecular weight excluding hydrogens is 392 g/mol. The highest BCUT2D eigenvalue weighted by Gasteiger charge is 2.13. The number of hydrogen-bond acceptors (Lipinski definition) is 3. The van der Waals surface area contributed by atoms with Crippen LogP contribution in [0.1, 0.15) is 27.9 Å². The lowest BCUT2D eigenvalue weighted by Gasteiger charge is -2.10. The van der Waals surface area contributed by atoms with Crippen molar-refractivity contribution in [2.24, 2.45) is 5.10 Å². The Labute approximate surface area is 181 Å². The van der Waals surface area contributed by atoms with Crippen molar-refractivity contribution in [2.45, 2.75) is 20.0 Å². The lowest BCUT2D eigenvalue weighted by atomic mass is 10.1. The van der Waals surface area contributed by atoms with Gasteiger partial charge >= 0.3 is 0 Å². The number of fused-ring (bicyclic) bond motifs is 1. The summed E-state index contributed by atoms with van der Waals surface area (Å²) in [5.41, 5.74) is 9.09. The molecule has 0 spiro atoms. The molecule has 0 radical (unpaired) electrons. The van der Waals surface area contributed by atoms with Crippen molar-refractivity contribution in [3.63, 3.8) is 0 Å². The minimum atomic E-state index is 0.559. The fourth-order valence-corrected chi connectivity index (χ4v) is 3.85. The van der Waals surface area contributed by atoms with E-state index in [1.165, 1.54) is 0 Å². The van der Waals surface area contributed by atoms with Gasteiger partial charge in [-0.15, -0.1) is 0 Å². The summed E-state index contributed by atoms with van der Waals surface area (Å²) in [7, 11) is 0. The summed E-state index contributed by atoms with van der Waals surface area (Å²) in [4.78, 5) is 0. The Morgan fingerprint density at radius 2 is 1.70 bits per heavy atom. The number of nitrogens with one attached hydrogen (secondary N) is 1. The highest BCUT2D eigenvalue weighted by molar-refractivity contribution is 6.31. The number of aromatic nitrogens is 1. The molecule has 0 amide bonds. The van der Waals surface area contributed by atoms with Gasteiger partial charge in [0.05, 0.1) is 24.4 Å². The first kappa shape index (κ1) is 19.8. The smallest absolute Gasteiger partial charge is 0.0995 e. The number of nitriles is 1. The first-order valence-corrected chi connectivity index (χ1v) is 10.1. The summed E-state index contributed by atoms with van der Waals surface area (Å²) in [5, 5.41) is 15.7. The summed E-state index contributed by atoms with van der Waals surface area (Å²) < 4.78 is 2.24. The average molecular weight is 413 g/mol. The second-order valence-electron chi connectivity index (χ2n) is 7.06. The van der Waals surface area contributed by atoms with Crippen molar-refractivity contribution in [1.82, 2.24) is 9.99 Å². The molecule has 0 bridgehead atoms. The summed E-state index contributed by atoms with van der Waals surface area (Å²) >= 11 is 6.21.